The molecule has 2 aromatic rings. The molecule has 3 rings (SSSR count). The highest BCUT2D eigenvalue weighted by molar-refractivity contribution is 7.07. The van der Waals surface area contributed by atoms with Crippen molar-refractivity contribution >= 4 is 17.2 Å². The second kappa shape index (κ2) is 7.56. The van der Waals surface area contributed by atoms with Crippen molar-refractivity contribution in [1.29, 1.82) is 0 Å². The topological polar surface area (TPSA) is 32.3 Å². The van der Waals surface area contributed by atoms with E-state index in [1.54, 1.807) is 11.3 Å². The molecule has 1 N–H and O–H groups in total. The lowest BCUT2D eigenvalue weighted by Crippen LogP contribution is -2.36. The van der Waals surface area contributed by atoms with Crippen LogP contribution < -0.4 is 5.32 Å². The molecule has 1 aliphatic rings. The van der Waals surface area contributed by atoms with Crippen molar-refractivity contribution in [2.45, 2.75) is 18.8 Å². The van der Waals surface area contributed by atoms with Gasteiger partial charge >= 0.3 is 0 Å². The molecule has 0 bridgehead atoms. The first-order valence-corrected chi connectivity index (χ1v) is 8.80. The summed E-state index contributed by atoms with van der Waals surface area (Å²) in [5.74, 6) is 0.712. The number of carbonyl (C=O) groups is 1. The summed E-state index contributed by atoms with van der Waals surface area (Å²) in [6.07, 6.45) is 2.06. The van der Waals surface area contributed by atoms with Gasteiger partial charge in [0.15, 0.2) is 0 Å². The van der Waals surface area contributed by atoms with E-state index in [9.17, 15) is 4.79 Å². The third kappa shape index (κ3) is 4.18. The zero-order chi connectivity index (χ0) is 15.2. The zero-order valence-electron chi connectivity index (χ0n) is 12.7. The van der Waals surface area contributed by atoms with E-state index in [1.807, 2.05) is 0 Å². The van der Waals surface area contributed by atoms with Crippen LogP contribution in [-0.2, 0) is 11.2 Å². The van der Waals surface area contributed by atoms with Gasteiger partial charge in [-0.3, -0.25) is 9.69 Å². The molecule has 2 heterocycles. The predicted octanol–water partition coefficient (Wildman–Crippen LogP) is 2.90. The third-order valence-electron chi connectivity index (χ3n) is 4.23. The minimum atomic E-state index is 0.143. The van der Waals surface area contributed by atoms with Gasteiger partial charge in [0.1, 0.15) is 0 Å². The van der Waals surface area contributed by atoms with Gasteiger partial charge in [-0.25, -0.2) is 0 Å². The Morgan fingerprint density at radius 2 is 2.14 bits per heavy atom. The minimum absolute atomic E-state index is 0.143. The van der Waals surface area contributed by atoms with Crippen LogP contribution in [0.5, 0.6) is 0 Å². The number of rotatable bonds is 6. The van der Waals surface area contributed by atoms with Gasteiger partial charge in [-0.2, -0.15) is 11.3 Å². The molecule has 1 aliphatic heterocycles. The van der Waals surface area contributed by atoms with Gasteiger partial charge in [-0.15, -0.1) is 0 Å². The van der Waals surface area contributed by atoms with Crippen molar-refractivity contribution in [1.82, 2.24) is 10.2 Å². The highest BCUT2D eigenvalue weighted by Gasteiger charge is 2.24. The molecule has 0 unspecified atom stereocenters. The third-order valence-corrected chi connectivity index (χ3v) is 4.96. The summed E-state index contributed by atoms with van der Waals surface area (Å²) in [5.41, 5.74) is 2.69. The molecule has 1 atom stereocenters. The van der Waals surface area contributed by atoms with Gasteiger partial charge in [-0.1, -0.05) is 30.3 Å². The Bertz CT molecular complexity index is 582. The molecule has 3 nitrogen and oxygen atoms in total. The normalized spacial score (nSPS) is 18.5. The van der Waals surface area contributed by atoms with Gasteiger partial charge in [0.25, 0.3) is 0 Å². The maximum absolute atomic E-state index is 12.0. The van der Waals surface area contributed by atoms with Gasteiger partial charge < -0.3 is 5.32 Å². The Morgan fingerprint density at radius 1 is 1.27 bits per heavy atom. The Hall–Kier alpha value is -1.65. The van der Waals surface area contributed by atoms with E-state index in [1.165, 1.54) is 11.1 Å². The minimum Gasteiger partial charge on any atom is -0.355 e. The van der Waals surface area contributed by atoms with Gasteiger partial charge in [0.2, 0.25) is 5.91 Å². The summed E-state index contributed by atoms with van der Waals surface area (Å²) in [6, 6.07) is 12.7. The maximum Gasteiger partial charge on any atom is 0.234 e. The number of thiophene rings is 1. The Morgan fingerprint density at radius 3 is 2.91 bits per heavy atom. The molecule has 0 radical (unpaired) electrons. The summed E-state index contributed by atoms with van der Waals surface area (Å²) in [4.78, 5) is 14.3. The van der Waals surface area contributed by atoms with Crippen molar-refractivity contribution in [2.24, 2.45) is 0 Å². The average Bonchev–Trinajstić information content (AvgIpc) is 3.20. The number of nitrogens with one attached hydrogen (secondary N) is 1. The quantitative estimate of drug-likeness (QED) is 0.889. The molecule has 22 heavy (non-hydrogen) atoms. The van der Waals surface area contributed by atoms with Crippen LogP contribution in [0.1, 0.15) is 23.5 Å². The van der Waals surface area contributed by atoms with Crippen molar-refractivity contribution < 1.29 is 4.79 Å². The van der Waals surface area contributed by atoms with Crippen molar-refractivity contribution in [3.63, 3.8) is 0 Å². The molecule has 0 aliphatic carbocycles. The van der Waals surface area contributed by atoms with E-state index in [0.717, 1.165) is 32.5 Å². The SMILES string of the molecule is O=C(CN1CC[C@@H](c2ccccc2)C1)NCCc1ccsc1. The molecular weight excluding hydrogens is 292 g/mol. The van der Waals surface area contributed by atoms with E-state index in [0.29, 0.717) is 12.5 Å². The number of likely N-dealkylation sites (tertiary alicyclic amines) is 1. The second-order valence-corrected chi connectivity index (χ2v) is 6.64. The number of carbonyl (C=O) groups excluding carboxylic acids is 1. The summed E-state index contributed by atoms with van der Waals surface area (Å²) in [6.45, 7) is 3.25. The van der Waals surface area contributed by atoms with E-state index in [2.05, 4.69) is 57.4 Å². The van der Waals surface area contributed by atoms with E-state index in [-0.39, 0.29) is 5.91 Å². The van der Waals surface area contributed by atoms with Crippen molar-refractivity contribution in [3.05, 3.63) is 58.3 Å². The van der Waals surface area contributed by atoms with Crippen LogP contribution >= 0.6 is 11.3 Å². The molecule has 116 valence electrons. The molecule has 4 heteroatoms. The smallest absolute Gasteiger partial charge is 0.234 e. The Balaban J connectivity index is 1.39. The highest BCUT2D eigenvalue weighted by Crippen LogP contribution is 2.26. The summed E-state index contributed by atoms with van der Waals surface area (Å²) in [7, 11) is 0. The van der Waals surface area contributed by atoms with Crippen LogP contribution in [0.2, 0.25) is 0 Å². The first-order valence-electron chi connectivity index (χ1n) is 7.86. The van der Waals surface area contributed by atoms with Crippen LogP contribution in [-0.4, -0.2) is 37.0 Å². The summed E-state index contributed by atoms with van der Waals surface area (Å²) < 4.78 is 0. The molecule has 1 amide bonds. The molecule has 1 saturated heterocycles. The fraction of sp³-hybridized carbons (Fsp3) is 0.389. The Labute approximate surface area is 136 Å². The lowest BCUT2D eigenvalue weighted by Gasteiger charge is -2.16. The molecular formula is C18H22N2OS. The average molecular weight is 314 g/mol. The van der Waals surface area contributed by atoms with E-state index >= 15 is 0 Å². The summed E-state index contributed by atoms with van der Waals surface area (Å²) in [5, 5.41) is 7.24. The predicted molar refractivity (Wildman–Crippen MR) is 91.3 cm³/mol. The molecule has 0 spiro atoms. The highest BCUT2D eigenvalue weighted by atomic mass is 32.1. The van der Waals surface area contributed by atoms with Crippen LogP contribution in [0.25, 0.3) is 0 Å². The van der Waals surface area contributed by atoms with Gasteiger partial charge in [0.05, 0.1) is 6.54 Å². The number of benzene rings is 1. The monoisotopic (exact) mass is 314 g/mol. The van der Waals surface area contributed by atoms with Crippen molar-refractivity contribution in [2.75, 3.05) is 26.2 Å². The van der Waals surface area contributed by atoms with Crippen LogP contribution in [0, 0.1) is 0 Å². The Kier molecular flexibility index (Phi) is 5.24. The molecule has 1 fully saturated rings. The first kappa shape index (κ1) is 15.3. The molecule has 0 saturated carbocycles. The number of hydrogen-bond acceptors (Lipinski definition) is 3. The van der Waals surface area contributed by atoms with Crippen LogP contribution in [0.4, 0.5) is 0 Å². The fourth-order valence-corrected chi connectivity index (χ4v) is 3.72. The first-order chi connectivity index (χ1) is 10.8. The fourth-order valence-electron chi connectivity index (χ4n) is 3.01. The van der Waals surface area contributed by atoms with E-state index < -0.39 is 0 Å². The van der Waals surface area contributed by atoms with Crippen LogP contribution in [0.3, 0.4) is 0 Å². The lowest BCUT2D eigenvalue weighted by molar-refractivity contribution is -0.121. The second-order valence-electron chi connectivity index (χ2n) is 5.86. The number of hydrogen-bond donors (Lipinski definition) is 1. The largest absolute Gasteiger partial charge is 0.355 e. The van der Waals surface area contributed by atoms with E-state index in [4.69, 9.17) is 0 Å². The maximum atomic E-state index is 12.0. The zero-order valence-corrected chi connectivity index (χ0v) is 13.5. The van der Waals surface area contributed by atoms with Crippen molar-refractivity contribution in [3.8, 4) is 0 Å². The lowest BCUT2D eigenvalue weighted by atomic mass is 9.99. The summed E-state index contributed by atoms with van der Waals surface area (Å²) >= 11 is 1.70. The van der Waals surface area contributed by atoms with Gasteiger partial charge in [-0.05, 0) is 53.3 Å². The number of amides is 1. The molecule has 1 aromatic carbocycles. The van der Waals surface area contributed by atoms with Gasteiger partial charge in [0, 0.05) is 13.1 Å². The number of nitrogens with zero attached hydrogens (tertiary/aromatic N) is 1. The molecule has 1 aromatic heterocycles. The van der Waals surface area contributed by atoms with Crippen LogP contribution in [0.15, 0.2) is 47.2 Å². The standard InChI is InChI=1S/C18H22N2OS/c21-18(19-9-6-15-8-11-22-14-15)13-20-10-7-17(12-20)16-4-2-1-3-5-16/h1-5,8,11,14,17H,6-7,9-10,12-13H2,(H,19,21)/t17-/m1/s1.